The molecule has 1 amide bonds. The van der Waals surface area contributed by atoms with E-state index in [4.69, 9.17) is 11.6 Å². The van der Waals surface area contributed by atoms with Crippen LogP contribution >= 0.6 is 11.6 Å². The van der Waals surface area contributed by atoms with Crippen molar-refractivity contribution in [2.45, 2.75) is 39.3 Å². The molecule has 28 heavy (non-hydrogen) atoms. The maximum Gasteiger partial charge on any atom is 0.416 e. The molecule has 1 aromatic heterocycles. The van der Waals surface area contributed by atoms with Gasteiger partial charge in [-0.15, -0.1) is 0 Å². The molecule has 0 aliphatic rings. The number of alkyl halides is 3. The topological polar surface area (TPSA) is 66.9 Å². The van der Waals surface area contributed by atoms with Crippen molar-refractivity contribution >= 4 is 23.3 Å². The second-order valence-electron chi connectivity index (χ2n) is 6.53. The number of aromatic nitrogens is 2. The molecule has 1 heterocycles. The number of nitrogens with zero attached hydrogens (tertiary/aromatic N) is 2. The fourth-order valence-corrected chi connectivity index (χ4v) is 2.60. The Morgan fingerprint density at radius 1 is 1.18 bits per heavy atom. The number of amides is 1. The summed E-state index contributed by atoms with van der Waals surface area (Å²) >= 11 is 6.40. The highest BCUT2D eigenvalue weighted by molar-refractivity contribution is 6.35. The molecule has 0 unspecified atom stereocenters. The molecule has 0 saturated heterocycles. The highest BCUT2D eigenvalue weighted by Gasteiger charge is 2.30. The minimum absolute atomic E-state index is 0.0271. The van der Waals surface area contributed by atoms with E-state index in [1.165, 1.54) is 12.1 Å². The van der Waals surface area contributed by atoms with Crippen molar-refractivity contribution < 1.29 is 18.0 Å². The van der Waals surface area contributed by atoms with Gasteiger partial charge in [-0.05, 0) is 18.6 Å². The first-order chi connectivity index (χ1) is 13.1. The molecule has 9 heteroatoms. The van der Waals surface area contributed by atoms with Gasteiger partial charge < -0.3 is 10.6 Å². The van der Waals surface area contributed by atoms with E-state index < -0.39 is 11.7 Å². The van der Waals surface area contributed by atoms with Gasteiger partial charge in [-0.25, -0.2) is 9.97 Å². The van der Waals surface area contributed by atoms with Gasteiger partial charge in [0.05, 0.1) is 17.8 Å². The Kier molecular flexibility index (Phi) is 7.23. The normalized spacial score (nSPS) is 11.6. The van der Waals surface area contributed by atoms with Gasteiger partial charge in [0.25, 0.3) is 0 Å². The van der Waals surface area contributed by atoms with Gasteiger partial charge in [-0.1, -0.05) is 44.5 Å². The van der Waals surface area contributed by atoms with Crippen LogP contribution in [0.3, 0.4) is 0 Å². The zero-order chi connectivity index (χ0) is 20.9. The Bertz CT molecular complexity index is 823. The second kappa shape index (κ2) is 9.23. The zero-order valence-corrected chi connectivity index (χ0v) is 16.6. The molecule has 0 aliphatic carbocycles. The number of carbonyl (C=O) groups is 1. The van der Waals surface area contributed by atoms with Crippen molar-refractivity contribution in [2.75, 3.05) is 18.4 Å². The molecule has 152 valence electrons. The smallest absolute Gasteiger partial charge is 0.360 e. The van der Waals surface area contributed by atoms with Crippen LogP contribution in [0.25, 0.3) is 11.3 Å². The molecular weight excluding hydrogens is 393 g/mol. The molecule has 0 spiro atoms. The number of rotatable bonds is 7. The number of anilines is 1. The lowest BCUT2D eigenvalue weighted by Gasteiger charge is -2.15. The molecule has 2 rings (SSSR count). The molecule has 0 fully saturated rings. The summed E-state index contributed by atoms with van der Waals surface area (Å²) in [5.41, 5.74) is -0.0113. The van der Waals surface area contributed by atoms with Crippen molar-refractivity contribution in [3.05, 3.63) is 40.7 Å². The van der Waals surface area contributed by atoms with Crippen LogP contribution in [0.4, 0.5) is 19.0 Å². The summed E-state index contributed by atoms with van der Waals surface area (Å²) in [6.07, 6.45) is -3.61. The molecule has 0 saturated carbocycles. The standard InChI is InChI=1S/C19H22ClF3N4O/c1-4-9-24-14(28)10-25-18-15(20)16(26-17(27-18)11(2)3)12-5-7-13(8-6-12)19(21,22)23/h5-8,11H,4,9-10H2,1-3H3,(H,24,28)(H,25,26,27). The third kappa shape index (κ3) is 5.58. The average Bonchev–Trinajstić information content (AvgIpc) is 2.64. The zero-order valence-electron chi connectivity index (χ0n) is 15.8. The van der Waals surface area contributed by atoms with Gasteiger partial charge in [0.15, 0.2) is 0 Å². The molecular formula is C19H22ClF3N4O. The first kappa shape index (κ1) is 21.9. The highest BCUT2D eigenvalue weighted by Crippen LogP contribution is 2.35. The van der Waals surface area contributed by atoms with Crippen LogP contribution < -0.4 is 10.6 Å². The number of benzene rings is 1. The third-order valence-corrected chi connectivity index (χ3v) is 4.22. The average molecular weight is 415 g/mol. The van der Waals surface area contributed by atoms with E-state index in [1.54, 1.807) is 0 Å². The lowest BCUT2D eigenvalue weighted by Crippen LogP contribution is -2.30. The Balaban J connectivity index is 2.36. The molecule has 0 bridgehead atoms. The van der Waals surface area contributed by atoms with Crippen LogP contribution in [0.1, 0.15) is 44.5 Å². The number of halogens is 4. The summed E-state index contributed by atoms with van der Waals surface area (Å²) in [6.45, 7) is 6.25. The van der Waals surface area contributed by atoms with Crippen molar-refractivity contribution in [1.82, 2.24) is 15.3 Å². The molecule has 2 N–H and O–H groups in total. The van der Waals surface area contributed by atoms with Crippen molar-refractivity contribution in [3.63, 3.8) is 0 Å². The van der Waals surface area contributed by atoms with Crippen LogP contribution in [0.2, 0.25) is 5.02 Å². The highest BCUT2D eigenvalue weighted by atomic mass is 35.5. The molecule has 5 nitrogen and oxygen atoms in total. The molecule has 0 atom stereocenters. The van der Waals surface area contributed by atoms with Gasteiger partial charge in [-0.3, -0.25) is 4.79 Å². The third-order valence-electron chi connectivity index (χ3n) is 3.86. The van der Waals surface area contributed by atoms with Crippen LogP contribution in [-0.2, 0) is 11.0 Å². The van der Waals surface area contributed by atoms with Gasteiger partial charge >= 0.3 is 6.18 Å². The predicted molar refractivity (Wildman–Crippen MR) is 103 cm³/mol. The summed E-state index contributed by atoms with van der Waals surface area (Å²) in [5, 5.41) is 5.76. The molecule has 0 radical (unpaired) electrons. The Morgan fingerprint density at radius 2 is 1.82 bits per heavy atom. The number of hydrogen-bond acceptors (Lipinski definition) is 4. The SMILES string of the molecule is CCCNC(=O)CNc1nc(C(C)C)nc(-c2ccc(C(F)(F)F)cc2)c1Cl. The van der Waals surface area contributed by atoms with E-state index in [9.17, 15) is 18.0 Å². The quantitative estimate of drug-likeness (QED) is 0.677. The van der Waals surface area contributed by atoms with Crippen molar-refractivity contribution in [2.24, 2.45) is 0 Å². The Labute approximate surface area is 166 Å². The number of carbonyl (C=O) groups excluding carboxylic acids is 1. The van der Waals surface area contributed by atoms with Crippen LogP contribution in [0.5, 0.6) is 0 Å². The Morgan fingerprint density at radius 3 is 2.36 bits per heavy atom. The van der Waals surface area contributed by atoms with Gasteiger partial charge in [-0.2, -0.15) is 13.2 Å². The van der Waals surface area contributed by atoms with E-state index in [0.29, 0.717) is 23.6 Å². The van der Waals surface area contributed by atoms with Gasteiger partial charge in [0.1, 0.15) is 16.7 Å². The maximum absolute atomic E-state index is 12.8. The summed E-state index contributed by atoms with van der Waals surface area (Å²) in [6, 6.07) is 4.60. The minimum Gasteiger partial charge on any atom is -0.360 e. The van der Waals surface area contributed by atoms with Crippen molar-refractivity contribution in [1.29, 1.82) is 0 Å². The number of hydrogen-bond donors (Lipinski definition) is 2. The summed E-state index contributed by atoms with van der Waals surface area (Å²) in [5.74, 6) is 0.483. The minimum atomic E-state index is -4.42. The first-order valence-corrected chi connectivity index (χ1v) is 9.26. The maximum atomic E-state index is 12.8. The van der Waals surface area contributed by atoms with E-state index in [-0.39, 0.29) is 29.2 Å². The number of nitrogens with one attached hydrogen (secondary N) is 2. The molecule has 2 aromatic rings. The lowest BCUT2D eigenvalue weighted by molar-refractivity contribution is -0.137. The Hall–Kier alpha value is -2.35. The summed E-state index contributed by atoms with van der Waals surface area (Å²) < 4.78 is 38.4. The van der Waals surface area contributed by atoms with E-state index in [2.05, 4.69) is 20.6 Å². The van der Waals surface area contributed by atoms with Crippen LogP contribution in [-0.4, -0.2) is 29.0 Å². The summed E-state index contributed by atoms with van der Waals surface area (Å²) in [4.78, 5) is 20.6. The lowest BCUT2D eigenvalue weighted by atomic mass is 10.1. The van der Waals surface area contributed by atoms with Crippen LogP contribution in [0, 0.1) is 0 Å². The fourth-order valence-electron chi connectivity index (χ4n) is 2.34. The van der Waals surface area contributed by atoms with E-state index in [0.717, 1.165) is 18.6 Å². The summed E-state index contributed by atoms with van der Waals surface area (Å²) in [7, 11) is 0. The van der Waals surface area contributed by atoms with E-state index >= 15 is 0 Å². The second-order valence-corrected chi connectivity index (χ2v) is 6.90. The van der Waals surface area contributed by atoms with Gasteiger partial charge in [0, 0.05) is 18.0 Å². The fraction of sp³-hybridized carbons (Fsp3) is 0.421. The predicted octanol–water partition coefficient (Wildman–Crippen LogP) is 4.88. The van der Waals surface area contributed by atoms with Crippen molar-refractivity contribution in [3.8, 4) is 11.3 Å². The molecule has 1 aromatic carbocycles. The van der Waals surface area contributed by atoms with Crippen LogP contribution in [0.15, 0.2) is 24.3 Å². The molecule has 0 aliphatic heterocycles. The first-order valence-electron chi connectivity index (χ1n) is 8.89. The van der Waals surface area contributed by atoms with Gasteiger partial charge in [0.2, 0.25) is 5.91 Å². The largest absolute Gasteiger partial charge is 0.416 e. The van der Waals surface area contributed by atoms with E-state index in [1.807, 2.05) is 20.8 Å². The monoisotopic (exact) mass is 414 g/mol.